The molecule has 0 aliphatic carbocycles. The van der Waals surface area contributed by atoms with Gasteiger partial charge in [0.1, 0.15) is 11.4 Å². The Kier molecular flexibility index (Phi) is 2.51. The number of nitrogens with zero attached hydrogens (tertiary/aromatic N) is 2. The van der Waals surface area contributed by atoms with E-state index in [4.69, 9.17) is 11.6 Å². The average molecular weight is 225 g/mol. The molecule has 0 atom stereocenters. The van der Waals surface area contributed by atoms with Crippen molar-refractivity contribution in [1.29, 1.82) is 0 Å². The summed E-state index contributed by atoms with van der Waals surface area (Å²) >= 11 is 5.62. The first-order valence-electron chi connectivity index (χ1n) is 4.17. The van der Waals surface area contributed by atoms with E-state index >= 15 is 0 Å². The minimum absolute atomic E-state index is 0.000140. The lowest BCUT2D eigenvalue weighted by Gasteiger charge is -2.05. The van der Waals surface area contributed by atoms with Gasteiger partial charge in [-0.3, -0.25) is 4.79 Å². The first-order valence-corrected chi connectivity index (χ1v) is 4.55. The fraction of sp³-hybridized carbons (Fsp3) is 0. The second-order valence-corrected chi connectivity index (χ2v) is 3.27. The molecule has 1 aromatic carbocycles. The molecular weight excluding hydrogens is 219 g/mol. The van der Waals surface area contributed by atoms with Gasteiger partial charge in [0.05, 0.1) is 11.2 Å². The topological polar surface area (TPSA) is 34.9 Å². The van der Waals surface area contributed by atoms with E-state index in [1.165, 1.54) is 29.1 Å². The molecule has 76 valence electrons. The van der Waals surface area contributed by atoms with Crippen LogP contribution in [0.25, 0.3) is 5.69 Å². The van der Waals surface area contributed by atoms with Crippen LogP contribution in [0.2, 0.25) is 5.02 Å². The Morgan fingerprint density at radius 3 is 2.93 bits per heavy atom. The largest absolute Gasteiger partial charge is 0.296 e. The molecule has 0 aliphatic rings. The van der Waals surface area contributed by atoms with E-state index in [0.717, 1.165) is 0 Å². The van der Waals surface area contributed by atoms with Crippen LogP contribution in [0.15, 0.2) is 30.5 Å². The third-order valence-corrected chi connectivity index (χ3v) is 2.24. The van der Waals surface area contributed by atoms with Crippen molar-refractivity contribution in [1.82, 2.24) is 9.78 Å². The summed E-state index contributed by atoms with van der Waals surface area (Å²) in [5.74, 6) is -0.592. The van der Waals surface area contributed by atoms with Crippen LogP contribution in [-0.2, 0) is 0 Å². The third kappa shape index (κ3) is 1.64. The van der Waals surface area contributed by atoms with Gasteiger partial charge < -0.3 is 0 Å². The molecule has 0 radical (unpaired) electrons. The Morgan fingerprint density at radius 2 is 2.20 bits per heavy atom. The second kappa shape index (κ2) is 3.82. The number of aromatic nitrogens is 2. The molecule has 2 rings (SSSR count). The van der Waals surface area contributed by atoms with Crippen LogP contribution < -0.4 is 0 Å². The number of aldehydes is 1. The van der Waals surface area contributed by atoms with E-state index in [1.807, 2.05) is 0 Å². The minimum atomic E-state index is -0.592. The fourth-order valence-corrected chi connectivity index (χ4v) is 1.43. The molecule has 0 unspecified atom stereocenters. The zero-order valence-electron chi connectivity index (χ0n) is 7.52. The lowest BCUT2D eigenvalue weighted by molar-refractivity contribution is 0.111. The van der Waals surface area contributed by atoms with Crippen LogP contribution in [0.5, 0.6) is 0 Å². The average Bonchev–Trinajstić information content (AvgIpc) is 2.70. The predicted molar refractivity (Wildman–Crippen MR) is 53.9 cm³/mol. The smallest absolute Gasteiger partial charge is 0.168 e. The normalized spacial score (nSPS) is 10.3. The Balaban J connectivity index is 2.64. The summed E-state index contributed by atoms with van der Waals surface area (Å²) < 4.78 is 14.8. The van der Waals surface area contributed by atoms with Gasteiger partial charge in [-0.1, -0.05) is 17.7 Å². The molecule has 0 saturated carbocycles. The number of benzene rings is 1. The predicted octanol–water partition coefficient (Wildman–Crippen LogP) is 2.48. The highest BCUT2D eigenvalue weighted by molar-refractivity contribution is 6.30. The molecular formula is C10H6ClFN2O. The number of hydrogen-bond acceptors (Lipinski definition) is 2. The first-order chi connectivity index (χ1) is 7.24. The monoisotopic (exact) mass is 224 g/mol. The van der Waals surface area contributed by atoms with Crippen molar-refractivity contribution >= 4 is 17.9 Å². The Bertz CT molecular complexity index is 510. The number of carbonyl (C=O) groups excluding carboxylic acids is 1. The minimum Gasteiger partial charge on any atom is -0.296 e. The molecule has 15 heavy (non-hydrogen) atoms. The summed E-state index contributed by atoms with van der Waals surface area (Å²) in [5.41, 5.74) is 0.436. The Hall–Kier alpha value is -1.68. The van der Waals surface area contributed by atoms with Gasteiger partial charge in [-0.2, -0.15) is 5.10 Å². The number of halogens is 2. The molecule has 3 nitrogen and oxygen atoms in total. The summed E-state index contributed by atoms with van der Waals surface area (Å²) in [4.78, 5) is 10.6. The molecule has 0 amide bonds. The van der Waals surface area contributed by atoms with Crippen molar-refractivity contribution in [3.8, 4) is 5.69 Å². The number of hydrogen-bond donors (Lipinski definition) is 0. The van der Waals surface area contributed by atoms with Gasteiger partial charge in [-0.15, -0.1) is 0 Å². The quantitative estimate of drug-likeness (QED) is 0.735. The van der Waals surface area contributed by atoms with E-state index in [2.05, 4.69) is 5.10 Å². The van der Waals surface area contributed by atoms with Gasteiger partial charge in [-0.05, 0) is 18.2 Å². The molecule has 0 N–H and O–H groups in total. The van der Waals surface area contributed by atoms with E-state index in [1.54, 1.807) is 6.07 Å². The summed E-state index contributed by atoms with van der Waals surface area (Å²) in [6.07, 6.45) is 2.03. The maximum atomic E-state index is 13.6. The molecule has 1 heterocycles. The standard InChI is InChI=1S/C10H6ClFN2O/c11-8-2-1-3-9(10(8)12)14-7(6-15)4-5-13-14/h1-6H. The van der Waals surface area contributed by atoms with Gasteiger partial charge in [0.15, 0.2) is 12.1 Å². The summed E-state index contributed by atoms with van der Waals surface area (Å²) in [6.45, 7) is 0. The Labute approximate surface area is 90.1 Å². The molecule has 0 bridgehead atoms. The van der Waals surface area contributed by atoms with E-state index in [-0.39, 0.29) is 16.4 Å². The lowest BCUT2D eigenvalue weighted by atomic mass is 10.3. The molecule has 0 saturated heterocycles. The lowest BCUT2D eigenvalue weighted by Crippen LogP contribution is -2.03. The zero-order valence-corrected chi connectivity index (χ0v) is 8.28. The highest BCUT2D eigenvalue weighted by Crippen LogP contribution is 2.21. The SMILES string of the molecule is O=Cc1ccnn1-c1cccc(Cl)c1F. The molecule has 0 spiro atoms. The van der Waals surface area contributed by atoms with Crippen LogP contribution in [0.4, 0.5) is 4.39 Å². The highest BCUT2D eigenvalue weighted by atomic mass is 35.5. The van der Waals surface area contributed by atoms with Crippen molar-refractivity contribution in [3.63, 3.8) is 0 Å². The van der Waals surface area contributed by atoms with Crippen LogP contribution >= 0.6 is 11.6 Å². The highest BCUT2D eigenvalue weighted by Gasteiger charge is 2.11. The van der Waals surface area contributed by atoms with Gasteiger partial charge >= 0.3 is 0 Å². The van der Waals surface area contributed by atoms with Crippen LogP contribution in [0.1, 0.15) is 10.5 Å². The third-order valence-electron chi connectivity index (χ3n) is 1.95. The molecule has 2 aromatic rings. The van der Waals surface area contributed by atoms with Crippen molar-refractivity contribution in [2.24, 2.45) is 0 Å². The fourth-order valence-electron chi connectivity index (χ4n) is 1.26. The van der Waals surface area contributed by atoms with Crippen molar-refractivity contribution in [2.75, 3.05) is 0 Å². The maximum absolute atomic E-state index is 13.6. The van der Waals surface area contributed by atoms with Crippen molar-refractivity contribution in [2.45, 2.75) is 0 Å². The van der Waals surface area contributed by atoms with Gasteiger partial charge in [0.25, 0.3) is 0 Å². The van der Waals surface area contributed by atoms with Gasteiger partial charge in [0.2, 0.25) is 0 Å². The number of rotatable bonds is 2. The first kappa shape index (κ1) is 9.86. The van der Waals surface area contributed by atoms with Crippen molar-refractivity contribution < 1.29 is 9.18 Å². The Morgan fingerprint density at radius 1 is 1.40 bits per heavy atom. The summed E-state index contributed by atoms with van der Waals surface area (Å²) in [5, 5.41) is 3.85. The summed E-state index contributed by atoms with van der Waals surface area (Å²) in [6, 6.07) is 6.02. The van der Waals surface area contributed by atoms with E-state index < -0.39 is 5.82 Å². The zero-order chi connectivity index (χ0) is 10.8. The molecule has 1 aromatic heterocycles. The maximum Gasteiger partial charge on any atom is 0.168 e. The molecule has 0 fully saturated rings. The number of carbonyl (C=O) groups is 1. The molecule has 5 heteroatoms. The van der Waals surface area contributed by atoms with E-state index in [0.29, 0.717) is 6.29 Å². The van der Waals surface area contributed by atoms with Crippen LogP contribution in [0, 0.1) is 5.82 Å². The second-order valence-electron chi connectivity index (χ2n) is 2.86. The van der Waals surface area contributed by atoms with Crippen molar-refractivity contribution in [3.05, 3.63) is 47.0 Å². The summed E-state index contributed by atoms with van der Waals surface area (Å²) in [7, 11) is 0. The van der Waals surface area contributed by atoms with Gasteiger partial charge in [-0.25, -0.2) is 9.07 Å². The van der Waals surface area contributed by atoms with Gasteiger partial charge in [0, 0.05) is 0 Å². The van der Waals surface area contributed by atoms with E-state index in [9.17, 15) is 9.18 Å². The molecule has 0 aliphatic heterocycles. The van der Waals surface area contributed by atoms with Crippen LogP contribution in [-0.4, -0.2) is 16.1 Å². The van der Waals surface area contributed by atoms with Crippen LogP contribution in [0.3, 0.4) is 0 Å².